The van der Waals surface area contributed by atoms with Gasteiger partial charge in [0, 0.05) is 6.54 Å². The van der Waals surface area contributed by atoms with Crippen LogP contribution in [-0.2, 0) is 0 Å². The summed E-state index contributed by atoms with van der Waals surface area (Å²) in [6, 6.07) is 4.45. The Bertz CT molecular complexity index is 461. The molecule has 0 fully saturated rings. The number of nitriles is 1. The van der Waals surface area contributed by atoms with E-state index in [1.807, 2.05) is 6.92 Å². The van der Waals surface area contributed by atoms with Crippen LogP contribution in [0.25, 0.3) is 0 Å². The maximum atomic E-state index is 8.98. The summed E-state index contributed by atoms with van der Waals surface area (Å²) >= 11 is 0. The van der Waals surface area contributed by atoms with Crippen molar-refractivity contribution in [1.82, 2.24) is 0 Å². The fourth-order valence-corrected chi connectivity index (χ4v) is 2.03. The second kappa shape index (κ2) is 6.30. The van der Waals surface area contributed by atoms with Gasteiger partial charge in [-0.1, -0.05) is 13.0 Å². The lowest BCUT2D eigenvalue weighted by molar-refractivity contribution is 0.412. The highest BCUT2D eigenvalue weighted by Crippen LogP contribution is 2.34. The van der Waals surface area contributed by atoms with Gasteiger partial charge in [0.15, 0.2) is 0 Å². The van der Waals surface area contributed by atoms with Crippen LogP contribution in [0.2, 0.25) is 0 Å². The second-order valence-electron chi connectivity index (χ2n) is 4.66. The number of nitrogens with one attached hydrogen (secondary N) is 1. The molecule has 0 aliphatic carbocycles. The Hall–Kier alpha value is -1.69. The lowest BCUT2D eigenvalue weighted by Gasteiger charge is -2.19. The van der Waals surface area contributed by atoms with Crippen LogP contribution in [0.1, 0.15) is 30.0 Å². The molecule has 0 amide bonds. The monoisotopic (exact) mass is 246 g/mol. The van der Waals surface area contributed by atoms with Gasteiger partial charge in [0.25, 0.3) is 0 Å². The van der Waals surface area contributed by atoms with Crippen molar-refractivity contribution in [3.8, 4) is 11.8 Å². The van der Waals surface area contributed by atoms with E-state index < -0.39 is 0 Å². The predicted octanol–water partition coefficient (Wildman–Crippen LogP) is 3.58. The maximum absolute atomic E-state index is 8.98. The fraction of sp³-hybridized carbons (Fsp3) is 0.533. The standard InChI is InChI=1S/C15H22N2O/c1-6-13(8-16)9-17-14-11(3)7-10(2)12(4)15(14)18-5/h7,13,17H,6,9H2,1-5H3. The van der Waals surface area contributed by atoms with Crippen LogP contribution in [-0.4, -0.2) is 13.7 Å². The fourth-order valence-electron chi connectivity index (χ4n) is 2.03. The molecule has 1 aromatic carbocycles. The molecular weight excluding hydrogens is 224 g/mol. The summed E-state index contributed by atoms with van der Waals surface area (Å²) in [5.74, 6) is 0.927. The lowest BCUT2D eigenvalue weighted by atomic mass is 10.0. The van der Waals surface area contributed by atoms with Crippen molar-refractivity contribution in [3.63, 3.8) is 0 Å². The van der Waals surface area contributed by atoms with E-state index in [1.165, 1.54) is 5.56 Å². The zero-order valence-electron chi connectivity index (χ0n) is 11.9. The first kappa shape index (κ1) is 14.4. The largest absolute Gasteiger partial charge is 0.494 e. The van der Waals surface area contributed by atoms with Crippen LogP contribution >= 0.6 is 0 Å². The molecular formula is C15H22N2O. The Balaban J connectivity index is 3.02. The van der Waals surface area contributed by atoms with Gasteiger partial charge in [0.2, 0.25) is 0 Å². The number of methoxy groups -OCH3 is 1. The maximum Gasteiger partial charge on any atom is 0.145 e. The van der Waals surface area contributed by atoms with Crippen LogP contribution in [0.3, 0.4) is 0 Å². The van der Waals surface area contributed by atoms with Crippen LogP contribution in [0.5, 0.6) is 5.75 Å². The summed E-state index contributed by atoms with van der Waals surface area (Å²) in [7, 11) is 1.69. The molecule has 0 heterocycles. The molecule has 18 heavy (non-hydrogen) atoms. The number of hydrogen-bond acceptors (Lipinski definition) is 3. The number of hydrogen-bond donors (Lipinski definition) is 1. The van der Waals surface area contributed by atoms with Crippen molar-refractivity contribution < 1.29 is 4.74 Å². The molecule has 1 atom stereocenters. The molecule has 0 saturated carbocycles. The summed E-state index contributed by atoms with van der Waals surface area (Å²) in [5.41, 5.74) is 4.54. The van der Waals surface area contributed by atoms with Crippen molar-refractivity contribution in [2.75, 3.05) is 19.0 Å². The molecule has 1 aromatic rings. The molecule has 0 aliphatic heterocycles. The number of nitrogens with zero attached hydrogens (tertiary/aromatic N) is 1. The third kappa shape index (κ3) is 2.95. The highest BCUT2D eigenvalue weighted by atomic mass is 16.5. The molecule has 98 valence electrons. The first-order valence-corrected chi connectivity index (χ1v) is 6.33. The molecule has 0 bridgehead atoms. The predicted molar refractivity (Wildman–Crippen MR) is 75.1 cm³/mol. The van der Waals surface area contributed by atoms with Gasteiger partial charge in [0.05, 0.1) is 24.8 Å². The molecule has 3 nitrogen and oxygen atoms in total. The van der Waals surface area contributed by atoms with Gasteiger partial charge in [-0.2, -0.15) is 5.26 Å². The summed E-state index contributed by atoms with van der Waals surface area (Å²) in [6.45, 7) is 8.89. The smallest absolute Gasteiger partial charge is 0.145 e. The normalized spacial score (nSPS) is 11.8. The number of rotatable bonds is 5. The number of anilines is 1. The van der Waals surface area contributed by atoms with Crippen molar-refractivity contribution in [2.45, 2.75) is 34.1 Å². The minimum atomic E-state index is 0.0377. The molecule has 0 saturated heterocycles. The number of benzene rings is 1. The molecule has 1 unspecified atom stereocenters. The average molecular weight is 246 g/mol. The van der Waals surface area contributed by atoms with Gasteiger partial charge in [-0.3, -0.25) is 0 Å². The van der Waals surface area contributed by atoms with Gasteiger partial charge in [0.1, 0.15) is 5.75 Å². The minimum absolute atomic E-state index is 0.0377. The first-order valence-electron chi connectivity index (χ1n) is 6.33. The second-order valence-corrected chi connectivity index (χ2v) is 4.66. The van der Waals surface area contributed by atoms with E-state index >= 15 is 0 Å². The van der Waals surface area contributed by atoms with E-state index in [0.717, 1.165) is 29.0 Å². The van der Waals surface area contributed by atoms with Gasteiger partial charge in [-0.25, -0.2) is 0 Å². The van der Waals surface area contributed by atoms with Gasteiger partial charge in [-0.15, -0.1) is 0 Å². The van der Waals surface area contributed by atoms with Crippen LogP contribution < -0.4 is 10.1 Å². The van der Waals surface area contributed by atoms with E-state index in [4.69, 9.17) is 10.00 Å². The van der Waals surface area contributed by atoms with Crippen LogP contribution in [0.15, 0.2) is 6.07 Å². The molecule has 0 radical (unpaired) electrons. The zero-order valence-corrected chi connectivity index (χ0v) is 11.9. The number of aryl methyl sites for hydroxylation is 2. The third-order valence-electron chi connectivity index (χ3n) is 3.39. The van der Waals surface area contributed by atoms with E-state index in [2.05, 4.69) is 38.2 Å². The van der Waals surface area contributed by atoms with E-state index in [1.54, 1.807) is 7.11 Å². The van der Waals surface area contributed by atoms with Gasteiger partial charge < -0.3 is 10.1 Å². The SMILES string of the molecule is CCC(C#N)CNc1c(C)cc(C)c(C)c1OC. The quantitative estimate of drug-likeness (QED) is 0.863. The highest BCUT2D eigenvalue weighted by Gasteiger charge is 2.13. The minimum Gasteiger partial charge on any atom is -0.494 e. The Kier molecular flexibility index (Phi) is 5.03. The average Bonchev–Trinajstić information content (AvgIpc) is 2.36. The summed E-state index contributed by atoms with van der Waals surface area (Å²) in [5, 5.41) is 12.3. The Morgan fingerprint density at radius 3 is 2.50 bits per heavy atom. The van der Waals surface area contributed by atoms with Crippen molar-refractivity contribution >= 4 is 5.69 Å². The van der Waals surface area contributed by atoms with E-state index in [-0.39, 0.29) is 5.92 Å². The molecule has 3 heteroatoms. The molecule has 1 rings (SSSR count). The summed E-state index contributed by atoms with van der Waals surface area (Å²) < 4.78 is 5.49. The lowest BCUT2D eigenvalue weighted by Crippen LogP contribution is -2.13. The van der Waals surface area contributed by atoms with Crippen molar-refractivity contribution in [1.29, 1.82) is 5.26 Å². The third-order valence-corrected chi connectivity index (χ3v) is 3.39. The Morgan fingerprint density at radius 1 is 1.33 bits per heavy atom. The Labute approximate surface area is 110 Å². The zero-order chi connectivity index (χ0) is 13.7. The van der Waals surface area contributed by atoms with Gasteiger partial charge in [-0.05, 0) is 43.9 Å². The molecule has 0 aliphatic rings. The molecule has 0 spiro atoms. The first-order chi connectivity index (χ1) is 8.54. The van der Waals surface area contributed by atoms with Crippen molar-refractivity contribution in [3.05, 3.63) is 22.8 Å². The van der Waals surface area contributed by atoms with E-state index in [0.29, 0.717) is 6.54 Å². The number of ether oxygens (including phenoxy) is 1. The van der Waals surface area contributed by atoms with E-state index in [9.17, 15) is 0 Å². The topological polar surface area (TPSA) is 45.0 Å². The molecule has 0 aromatic heterocycles. The van der Waals surface area contributed by atoms with Crippen molar-refractivity contribution in [2.24, 2.45) is 5.92 Å². The Morgan fingerprint density at radius 2 is 2.00 bits per heavy atom. The highest BCUT2D eigenvalue weighted by molar-refractivity contribution is 5.66. The van der Waals surface area contributed by atoms with Gasteiger partial charge >= 0.3 is 0 Å². The molecule has 1 N–H and O–H groups in total. The van der Waals surface area contributed by atoms with Crippen LogP contribution in [0, 0.1) is 38.0 Å². The summed E-state index contributed by atoms with van der Waals surface area (Å²) in [6.07, 6.45) is 0.857. The summed E-state index contributed by atoms with van der Waals surface area (Å²) in [4.78, 5) is 0. The van der Waals surface area contributed by atoms with Crippen LogP contribution in [0.4, 0.5) is 5.69 Å².